The van der Waals surface area contributed by atoms with E-state index >= 15 is 0 Å². The molecule has 8 heteroatoms. The van der Waals surface area contributed by atoms with E-state index in [1.807, 2.05) is 42.5 Å². The fourth-order valence-corrected chi connectivity index (χ4v) is 3.68. The Hall–Kier alpha value is -3.39. The van der Waals surface area contributed by atoms with Crippen LogP contribution in [0.25, 0.3) is 0 Å². The van der Waals surface area contributed by atoms with Crippen LogP contribution in [0.3, 0.4) is 0 Å². The number of benzene rings is 2. The van der Waals surface area contributed by atoms with Gasteiger partial charge in [-0.3, -0.25) is 4.84 Å². The second-order valence-corrected chi connectivity index (χ2v) is 6.75. The SMILES string of the molecule is COC(=O)C1c2ccccc2C2CN1C(=O)N2OCC(=O)OCc1ccccc1. The Morgan fingerprint density at radius 3 is 2.45 bits per heavy atom. The Labute approximate surface area is 167 Å². The summed E-state index contributed by atoms with van der Waals surface area (Å²) in [5, 5.41) is 1.14. The van der Waals surface area contributed by atoms with Crippen molar-refractivity contribution >= 4 is 18.0 Å². The molecule has 2 aliphatic heterocycles. The fraction of sp³-hybridized carbons (Fsp3) is 0.286. The van der Waals surface area contributed by atoms with Crippen LogP contribution in [0.4, 0.5) is 4.79 Å². The number of hydrogen-bond acceptors (Lipinski definition) is 6. The van der Waals surface area contributed by atoms with Crippen molar-refractivity contribution in [2.75, 3.05) is 20.3 Å². The third kappa shape index (κ3) is 3.54. The van der Waals surface area contributed by atoms with Crippen LogP contribution in [0.5, 0.6) is 0 Å². The van der Waals surface area contributed by atoms with E-state index in [0.29, 0.717) is 5.56 Å². The minimum atomic E-state index is -0.835. The molecule has 0 saturated carbocycles. The average Bonchev–Trinajstić information content (AvgIpc) is 3.03. The molecular formula is C21H20N2O6. The fourth-order valence-electron chi connectivity index (χ4n) is 3.68. The first-order chi connectivity index (χ1) is 14.1. The lowest BCUT2D eigenvalue weighted by Gasteiger charge is -2.30. The monoisotopic (exact) mass is 396 g/mol. The standard InChI is InChI=1S/C21H20N2O6/c1-27-20(25)19-16-10-6-5-9-15(16)17-11-22(19)21(26)23(17)29-13-18(24)28-12-14-7-3-2-4-8-14/h2-10,17,19H,11-13H2,1H3. The number of nitrogens with zero attached hydrogens (tertiary/aromatic N) is 2. The summed E-state index contributed by atoms with van der Waals surface area (Å²) in [5.74, 6) is -1.11. The summed E-state index contributed by atoms with van der Waals surface area (Å²) < 4.78 is 10.1. The van der Waals surface area contributed by atoms with E-state index in [1.165, 1.54) is 12.0 Å². The van der Waals surface area contributed by atoms with E-state index in [-0.39, 0.29) is 13.2 Å². The molecule has 0 N–H and O–H groups in total. The lowest BCUT2D eigenvalue weighted by molar-refractivity contribution is -0.174. The molecule has 2 aromatic carbocycles. The maximum atomic E-state index is 12.8. The number of carbonyl (C=O) groups excluding carboxylic acids is 3. The van der Waals surface area contributed by atoms with Crippen LogP contribution in [0, 0.1) is 0 Å². The van der Waals surface area contributed by atoms with Crippen molar-refractivity contribution in [3.8, 4) is 0 Å². The Bertz CT molecular complexity index is 932. The first kappa shape index (κ1) is 18.9. The molecular weight excluding hydrogens is 376 g/mol. The summed E-state index contributed by atoms with van der Waals surface area (Å²) in [6, 6.07) is 14.8. The maximum Gasteiger partial charge on any atom is 0.345 e. The van der Waals surface area contributed by atoms with Crippen LogP contribution >= 0.6 is 0 Å². The highest BCUT2D eigenvalue weighted by molar-refractivity contribution is 5.88. The van der Waals surface area contributed by atoms with Crippen molar-refractivity contribution in [2.24, 2.45) is 0 Å². The zero-order valence-corrected chi connectivity index (χ0v) is 15.8. The Balaban J connectivity index is 1.45. The Morgan fingerprint density at radius 2 is 1.72 bits per heavy atom. The number of hydroxylamine groups is 2. The summed E-state index contributed by atoms with van der Waals surface area (Å²) in [5.41, 5.74) is 2.35. The normalized spacial score (nSPS) is 19.7. The van der Waals surface area contributed by atoms with Crippen molar-refractivity contribution < 1.29 is 28.7 Å². The highest BCUT2D eigenvalue weighted by Gasteiger charge is 2.51. The van der Waals surface area contributed by atoms with E-state index in [1.54, 1.807) is 12.1 Å². The zero-order chi connectivity index (χ0) is 20.4. The van der Waals surface area contributed by atoms with E-state index in [2.05, 4.69) is 0 Å². The van der Waals surface area contributed by atoms with Crippen molar-refractivity contribution in [1.82, 2.24) is 9.96 Å². The van der Waals surface area contributed by atoms with Crippen molar-refractivity contribution in [1.29, 1.82) is 0 Å². The van der Waals surface area contributed by atoms with E-state index in [0.717, 1.165) is 16.2 Å². The van der Waals surface area contributed by atoms with E-state index < -0.39 is 36.7 Å². The molecule has 150 valence electrons. The van der Waals surface area contributed by atoms with E-state index in [4.69, 9.17) is 14.3 Å². The number of rotatable bonds is 6. The second kappa shape index (κ2) is 7.92. The third-order valence-electron chi connectivity index (χ3n) is 5.04. The molecule has 2 unspecified atom stereocenters. The molecule has 2 amide bonds. The zero-order valence-electron chi connectivity index (χ0n) is 15.8. The van der Waals surface area contributed by atoms with Gasteiger partial charge in [-0.05, 0) is 16.7 Å². The molecule has 4 rings (SSSR count). The summed E-state index contributed by atoms with van der Waals surface area (Å²) in [7, 11) is 1.29. The number of carbonyl (C=O) groups is 3. The largest absolute Gasteiger partial charge is 0.467 e. The highest BCUT2D eigenvalue weighted by Crippen LogP contribution is 2.44. The lowest BCUT2D eigenvalue weighted by Crippen LogP contribution is -2.39. The van der Waals surface area contributed by atoms with Gasteiger partial charge in [0.05, 0.1) is 13.7 Å². The van der Waals surface area contributed by atoms with Crippen molar-refractivity contribution in [3.05, 3.63) is 71.3 Å². The topological polar surface area (TPSA) is 85.4 Å². The van der Waals surface area contributed by atoms with Crippen LogP contribution in [-0.2, 0) is 30.5 Å². The van der Waals surface area contributed by atoms with Crippen LogP contribution in [0.2, 0.25) is 0 Å². The van der Waals surface area contributed by atoms with Crippen LogP contribution in [0.1, 0.15) is 28.8 Å². The summed E-state index contributed by atoms with van der Waals surface area (Å²) in [4.78, 5) is 44.1. The number of esters is 2. The number of hydrogen-bond donors (Lipinski definition) is 0. The van der Waals surface area contributed by atoms with Gasteiger partial charge in [0.1, 0.15) is 12.6 Å². The van der Waals surface area contributed by atoms with Gasteiger partial charge in [0, 0.05) is 0 Å². The molecule has 0 aliphatic carbocycles. The molecule has 2 aromatic rings. The quantitative estimate of drug-likeness (QED) is 0.697. The van der Waals surface area contributed by atoms with Gasteiger partial charge >= 0.3 is 18.0 Å². The van der Waals surface area contributed by atoms with Crippen molar-refractivity contribution in [3.63, 3.8) is 0 Å². The summed E-state index contributed by atoms with van der Waals surface area (Å²) in [6.07, 6.45) is 0. The number of fused-ring (bicyclic) bond motifs is 4. The molecule has 2 bridgehead atoms. The predicted molar refractivity (Wildman–Crippen MR) is 100 cm³/mol. The average molecular weight is 396 g/mol. The van der Waals surface area contributed by atoms with Gasteiger partial charge in [-0.15, -0.1) is 0 Å². The van der Waals surface area contributed by atoms with Gasteiger partial charge in [-0.1, -0.05) is 54.6 Å². The van der Waals surface area contributed by atoms with Crippen LogP contribution < -0.4 is 0 Å². The maximum absolute atomic E-state index is 12.8. The molecule has 1 fully saturated rings. The van der Waals surface area contributed by atoms with Gasteiger partial charge in [0.15, 0.2) is 12.6 Å². The van der Waals surface area contributed by atoms with Gasteiger partial charge < -0.3 is 14.4 Å². The number of methoxy groups -OCH3 is 1. The first-order valence-electron chi connectivity index (χ1n) is 9.19. The molecule has 2 heterocycles. The second-order valence-electron chi connectivity index (χ2n) is 6.75. The van der Waals surface area contributed by atoms with Gasteiger partial charge in [0.25, 0.3) is 0 Å². The first-order valence-corrected chi connectivity index (χ1v) is 9.19. The van der Waals surface area contributed by atoms with Gasteiger partial charge in [-0.25, -0.2) is 14.4 Å². The molecule has 8 nitrogen and oxygen atoms in total. The molecule has 2 aliphatic rings. The van der Waals surface area contributed by atoms with Gasteiger partial charge in [0.2, 0.25) is 0 Å². The summed E-state index contributed by atoms with van der Waals surface area (Å²) in [6.45, 7) is -0.0115. The molecule has 2 atom stereocenters. The molecule has 0 aromatic heterocycles. The molecule has 1 saturated heterocycles. The minimum absolute atomic E-state index is 0.125. The number of amides is 2. The molecule has 0 radical (unpaired) electrons. The molecule has 29 heavy (non-hydrogen) atoms. The highest BCUT2D eigenvalue weighted by atomic mass is 16.7. The smallest absolute Gasteiger partial charge is 0.345 e. The predicted octanol–water partition coefficient (Wildman–Crippen LogP) is 2.37. The molecule has 0 spiro atoms. The lowest BCUT2D eigenvalue weighted by atomic mass is 9.91. The number of ether oxygens (including phenoxy) is 2. The minimum Gasteiger partial charge on any atom is -0.467 e. The number of urea groups is 1. The summed E-state index contributed by atoms with van der Waals surface area (Å²) >= 11 is 0. The Morgan fingerprint density at radius 1 is 1.03 bits per heavy atom. The van der Waals surface area contributed by atoms with Crippen LogP contribution in [-0.4, -0.2) is 48.2 Å². The Kier molecular flexibility index (Phi) is 5.18. The van der Waals surface area contributed by atoms with Crippen LogP contribution in [0.15, 0.2) is 54.6 Å². The third-order valence-corrected chi connectivity index (χ3v) is 5.04. The van der Waals surface area contributed by atoms with E-state index in [9.17, 15) is 14.4 Å². The van der Waals surface area contributed by atoms with Crippen molar-refractivity contribution in [2.45, 2.75) is 18.7 Å². The van der Waals surface area contributed by atoms with Gasteiger partial charge in [-0.2, -0.15) is 5.06 Å².